The standard InChI is InChI=1S/C16H17N3/c1-2-6-14-9-12-19(17-14)16-10-11-18(13-16)15-7-4-3-5-8-15/h3-5,7-13H,2,6H2,1H3. The highest BCUT2D eigenvalue weighted by Gasteiger charge is 2.03. The summed E-state index contributed by atoms with van der Waals surface area (Å²) in [5, 5.41) is 4.58. The molecule has 0 fully saturated rings. The van der Waals surface area contributed by atoms with Gasteiger partial charge in [0.15, 0.2) is 0 Å². The Bertz CT molecular complexity index is 649. The average molecular weight is 251 g/mol. The van der Waals surface area contributed by atoms with Gasteiger partial charge in [-0.15, -0.1) is 0 Å². The predicted molar refractivity (Wildman–Crippen MR) is 76.9 cm³/mol. The summed E-state index contributed by atoms with van der Waals surface area (Å²) < 4.78 is 4.04. The van der Waals surface area contributed by atoms with Gasteiger partial charge in [-0.25, -0.2) is 4.68 Å². The molecule has 3 nitrogen and oxygen atoms in total. The Morgan fingerprint density at radius 1 is 0.947 bits per heavy atom. The van der Waals surface area contributed by atoms with E-state index in [0.29, 0.717) is 0 Å². The zero-order valence-electron chi connectivity index (χ0n) is 11.0. The predicted octanol–water partition coefficient (Wildman–Crippen LogP) is 3.62. The lowest BCUT2D eigenvalue weighted by Crippen LogP contribution is -1.95. The summed E-state index contributed by atoms with van der Waals surface area (Å²) >= 11 is 0. The normalized spacial score (nSPS) is 10.8. The zero-order chi connectivity index (χ0) is 13.1. The van der Waals surface area contributed by atoms with Gasteiger partial charge in [-0.3, -0.25) is 0 Å². The number of hydrogen-bond donors (Lipinski definition) is 0. The molecule has 3 rings (SSSR count). The van der Waals surface area contributed by atoms with Gasteiger partial charge in [-0.2, -0.15) is 5.10 Å². The quantitative estimate of drug-likeness (QED) is 0.694. The summed E-state index contributed by atoms with van der Waals surface area (Å²) in [6.07, 6.45) is 8.34. The fourth-order valence-electron chi connectivity index (χ4n) is 2.18. The molecule has 1 aromatic carbocycles. The van der Waals surface area contributed by atoms with Crippen LogP contribution in [-0.2, 0) is 6.42 Å². The molecule has 0 aliphatic rings. The van der Waals surface area contributed by atoms with Gasteiger partial charge in [-0.05, 0) is 30.7 Å². The van der Waals surface area contributed by atoms with E-state index in [1.54, 1.807) is 0 Å². The largest absolute Gasteiger partial charge is 0.322 e. The molecule has 0 unspecified atom stereocenters. The van der Waals surface area contributed by atoms with E-state index in [1.165, 1.54) is 0 Å². The minimum absolute atomic E-state index is 1.03. The monoisotopic (exact) mass is 251 g/mol. The maximum absolute atomic E-state index is 4.58. The van der Waals surface area contributed by atoms with Crippen molar-refractivity contribution in [2.45, 2.75) is 19.8 Å². The third-order valence-corrected chi connectivity index (χ3v) is 3.15. The molecule has 0 saturated carbocycles. The van der Waals surface area contributed by atoms with E-state index in [1.807, 2.05) is 29.1 Å². The van der Waals surface area contributed by atoms with E-state index in [0.717, 1.165) is 29.9 Å². The molecule has 3 aromatic rings. The van der Waals surface area contributed by atoms with Crippen molar-refractivity contribution in [2.75, 3.05) is 0 Å². The van der Waals surface area contributed by atoms with Crippen molar-refractivity contribution in [1.29, 1.82) is 0 Å². The minimum atomic E-state index is 1.03. The Labute approximate surface area is 113 Å². The highest BCUT2D eigenvalue weighted by atomic mass is 15.3. The van der Waals surface area contributed by atoms with Crippen LogP contribution in [0.2, 0.25) is 0 Å². The molecular weight excluding hydrogens is 234 g/mol. The SMILES string of the molecule is CCCc1ccn(-c2ccn(-c3ccccc3)c2)n1. The lowest BCUT2D eigenvalue weighted by molar-refractivity contribution is 0.806. The zero-order valence-corrected chi connectivity index (χ0v) is 11.0. The third kappa shape index (κ3) is 2.45. The Morgan fingerprint density at radius 2 is 1.79 bits per heavy atom. The third-order valence-electron chi connectivity index (χ3n) is 3.15. The molecule has 0 aliphatic heterocycles. The molecule has 2 aromatic heterocycles. The average Bonchev–Trinajstić information content (AvgIpc) is 3.08. The summed E-state index contributed by atoms with van der Waals surface area (Å²) in [6.45, 7) is 2.17. The molecule has 0 amide bonds. The second-order valence-electron chi connectivity index (χ2n) is 4.61. The first-order valence-electron chi connectivity index (χ1n) is 6.65. The number of benzene rings is 1. The van der Waals surface area contributed by atoms with Crippen molar-refractivity contribution in [2.24, 2.45) is 0 Å². The number of aromatic nitrogens is 3. The fraction of sp³-hybridized carbons (Fsp3) is 0.188. The van der Waals surface area contributed by atoms with Crippen LogP contribution in [0, 0.1) is 0 Å². The van der Waals surface area contributed by atoms with E-state index >= 15 is 0 Å². The van der Waals surface area contributed by atoms with Crippen molar-refractivity contribution >= 4 is 0 Å². The molecule has 0 bridgehead atoms. The Kier molecular flexibility index (Phi) is 3.19. The molecular formula is C16H17N3. The Hall–Kier alpha value is -2.29. The van der Waals surface area contributed by atoms with Crippen LogP contribution in [-0.4, -0.2) is 14.3 Å². The van der Waals surface area contributed by atoms with Crippen molar-refractivity contribution in [3.05, 3.63) is 66.7 Å². The Balaban J connectivity index is 1.88. The number of aryl methyl sites for hydroxylation is 1. The molecule has 19 heavy (non-hydrogen) atoms. The van der Waals surface area contributed by atoms with Gasteiger partial charge in [0.05, 0.1) is 11.4 Å². The first-order valence-corrected chi connectivity index (χ1v) is 6.65. The van der Waals surface area contributed by atoms with Crippen molar-refractivity contribution in [3.63, 3.8) is 0 Å². The van der Waals surface area contributed by atoms with Gasteiger partial charge in [0.2, 0.25) is 0 Å². The molecule has 0 N–H and O–H groups in total. The van der Waals surface area contributed by atoms with Crippen LogP contribution in [0.25, 0.3) is 11.4 Å². The first kappa shape index (κ1) is 11.8. The number of nitrogens with zero attached hydrogens (tertiary/aromatic N) is 3. The van der Waals surface area contributed by atoms with Crippen molar-refractivity contribution in [1.82, 2.24) is 14.3 Å². The van der Waals surface area contributed by atoms with Gasteiger partial charge in [0, 0.05) is 24.3 Å². The number of para-hydroxylation sites is 1. The molecule has 0 atom stereocenters. The highest BCUT2D eigenvalue weighted by molar-refractivity contribution is 5.38. The first-order chi connectivity index (χ1) is 9.36. The van der Waals surface area contributed by atoms with Crippen LogP contribution in [0.15, 0.2) is 61.1 Å². The van der Waals surface area contributed by atoms with Crippen LogP contribution in [0.3, 0.4) is 0 Å². The van der Waals surface area contributed by atoms with Crippen molar-refractivity contribution in [3.8, 4) is 11.4 Å². The fourth-order valence-corrected chi connectivity index (χ4v) is 2.18. The summed E-state index contributed by atoms with van der Waals surface area (Å²) in [5.41, 5.74) is 3.40. The van der Waals surface area contributed by atoms with Crippen LogP contribution < -0.4 is 0 Å². The lowest BCUT2D eigenvalue weighted by atomic mass is 10.3. The molecule has 0 aliphatic carbocycles. The van der Waals surface area contributed by atoms with Gasteiger partial charge < -0.3 is 4.57 Å². The van der Waals surface area contributed by atoms with Gasteiger partial charge in [0.1, 0.15) is 0 Å². The number of rotatable bonds is 4. The van der Waals surface area contributed by atoms with Gasteiger partial charge in [-0.1, -0.05) is 31.5 Å². The van der Waals surface area contributed by atoms with E-state index < -0.39 is 0 Å². The summed E-state index contributed by atoms with van der Waals surface area (Å²) in [7, 11) is 0. The van der Waals surface area contributed by atoms with Crippen LogP contribution >= 0.6 is 0 Å². The van der Waals surface area contributed by atoms with Gasteiger partial charge in [0.25, 0.3) is 0 Å². The van der Waals surface area contributed by atoms with Crippen LogP contribution in [0.5, 0.6) is 0 Å². The van der Waals surface area contributed by atoms with E-state index in [-0.39, 0.29) is 0 Å². The molecule has 0 spiro atoms. The molecule has 2 heterocycles. The maximum Gasteiger partial charge on any atom is 0.0826 e. The molecule has 0 radical (unpaired) electrons. The number of hydrogen-bond acceptors (Lipinski definition) is 1. The minimum Gasteiger partial charge on any atom is -0.322 e. The van der Waals surface area contributed by atoms with Crippen LogP contribution in [0.4, 0.5) is 0 Å². The van der Waals surface area contributed by atoms with Crippen molar-refractivity contribution < 1.29 is 0 Å². The maximum atomic E-state index is 4.58. The second kappa shape index (κ2) is 5.14. The van der Waals surface area contributed by atoms with Gasteiger partial charge >= 0.3 is 0 Å². The summed E-state index contributed by atoms with van der Waals surface area (Å²) in [6, 6.07) is 14.5. The highest BCUT2D eigenvalue weighted by Crippen LogP contribution is 2.14. The summed E-state index contributed by atoms with van der Waals surface area (Å²) in [4.78, 5) is 0. The van der Waals surface area contributed by atoms with E-state index in [2.05, 4.69) is 53.2 Å². The van der Waals surface area contributed by atoms with E-state index in [4.69, 9.17) is 0 Å². The second-order valence-corrected chi connectivity index (χ2v) is 4.61. The molecule has 3 heteroatoms. The van der Waals surface area contributed by atoms with Crippen LogP contribution in [0.1, 0.15) is 19.0 Å². The van der Waals surface area contributed by atoms with E-state index in [9.17, 15) is 0 Å². The molecule has 0 saturated heterocycles. The lowest BCUT2D eigenvalue weighted by Gasteiger charge is -2.01. The smallest absolute Gasteiger partial charge is 0.0826 e. The Morgan fingerprint density at radius 3 is 2.58 bits per heavy atom. The topological polar surface area (TPSA) is 22.8 Å². The summed E-state index contributed by atoms with van der Waals surface area (Å²) in [5.74, 6) is 0. The molecule has 96 valence electrons.